The van der Waals surface area contributed by atoms with E-state index in [1.807, 2.05) is 61.5 Å². The molecule has 1 aromatic heterocycles. The second kappa shape index (κ2) is 12.2. The average molecular weight is 519 g/mol. The van der Waals surface area contributed by atoms with Crippen molar-refractivity contribution in [2.75, 3.05) is 13.2 Å². The molecule has 0 spiro atoms. The molecule has 0 aliphatic carbocycles. The number of nitrogens with zero attached hydrogens (tertiary/aromatic N) is 2. The minimum atomic E-state index is -0.691. The van der Waals surface area contributed by atoms with Crippen molar-refractivity contribution >= 4 is 23.0 Å². The predicted octanol–water partition coefficient (Wildman–Crippen LogP) is 6.54. The number of amides is 1. The maximum absolute atomic E-state index is 13.7. The molecule has 37 heavy (non-hydrogen) atoms. The lowest BCUT2D eigenvalue weighted by molar-refractivity contribution is -0.129. The van der Waals surface area contributed by atoms with E-state index in [1.165, 1.54) is 24.2 Å². The zero-order chi connectivity index (χ0) is 26.4. The van der Waals surface area contributed by atoms with Gasteiger partial charge < -0.3 is 14.7 Å². The van der Waals surface area contributed by atoms with Crippen LogP contribution in [-0.4, -0.2) is 39.8 Å². The van der Waals surface area contributed by atoms with Crippen molar-refractivity contribution in [3.63, 3.8) is 0 Å². The van der Waals surface area contributed by atoms with E-state index >= 15 is 0 Å². The van der Waals surface area contributed by atoms with Crippen molar-refractivity contribution in [2.45, 2.75) is 58.9 Å². The van der Waals surface area contributed by atoms with E-state index in [9.17, 15) is 14.7 Å². The maximum atomic E-state index is 13.7. The summed E-state index contributed by atoms with van der Waals surface area (Å²) >= 11 is 1.28. The van der Waals surface area contributed by atoms with Gasteiger partial charge in [-0.15, -0.1) is 11.3 Å². The number of Topliss-reactive ketones (excluding diaryl/α,β-unsaturated/α-hetero) is 1. The molecule has 1 aliphatic rings. The minimum absolute atomic E-state index is 0.109. The number of hydrogen-bond acceptors (Lipinski definition) is 6. The van der Waals surface area contributed by atoms with Gasteiger partial charge in [0.05, 0.1) is 33.8 Å². The zero-order valence-corrected chi connectivity index (χ0v) is 22.5. The van der Waals surface area contributed by atoms with E-state index in [-0.39, 0.29) is 11.4 Å². The van der Waals surface area contributed by atoms with Crippen LogP contribution in [0.25, 0.3) is 0 Å². The number of rotatable bonds is 12. The normalized spacial score (nSPS) is 15.5. The van der Waals surface area contributed by atoms with E-state index in [2.05, 4.69) is 11.9 Å². The first-order chi connectivity index (χ1) is 17.9. The Kier molecular flexibility index (Phi) is 8.77. The summed E-state index contributed by atoms with van der Waals surface area (Å²) in [5.74, 6) is -0.614. The smallest absolute Gasteiger partial charge is 0.290 e. The highest BCUT2D eigenvalue weighted by Crippen LogP contribution is 2.40. The standard InChI is InChI=1S/C30H34N2O4S/c1-4-5-6-10-19-36-24-15-13-23(14-16-24)26-25(27(33)29-20(2)31-21(3)37-29)28(34)30(35)32(26)18-17-22-11-8-7-9-12-22/h7-9,11-16,26,34H,4-6,10,17-19H2,1-3H3. The van der Waals surface area contributed by atoms with Crippen molar-refractivity contribution in [1.82, 2.24) is 9.88 Å². The molecule has 0 saturated heterocycles. The molecule has 194 valence electrons. The van der Waals surface area contributed by atoms with E-state index < -0.39 is 17.7 Å². The average Bonchev–Trinajstić information content (AvgIpc) is 3.37. The molecular weight excluding hydrogens is 484 g/mol. The lowest BCUT2D eigenvalue weighted by Gasteiger charge is -2.27. The number of ketones is 1. The van der Waals surface area contributed by atoms with Gasteiger partial charge in [0.2, 0.25) is 5.78 Å². The summed E-state index contributed by atoms with van der Waals surface area (Å²) < 4.78 is 5.89. The van der Waals surface area contributed by atoms with Gasteiger partial charge in [0.15, 0.2) is 5.76 Å². The molecule has 1 amide bonds. The van der Waals surface area contributed by atoms with Crippen molar-refractivity contribution < 1.29 is 19.4 Å². The second-order valence-corrected chi connectivity index (χ2v) is 10.6. The van der Waals surface area contributed by atoms with Gasteiger partial charge in [-0.05, 0) is 49.9 Å². The fraction of sp³-hybridized carbons (Fsp3) is 0.367. The van der Waals surface area contributed by atoms with Crippen LogP contribution < -0.4 is 4.74 Å². The van der Waals surface area contributed by atoms with Crippen molar-refractivity contribution in [1.29, 1.82) is 0 Å². The van der Waals surface area contributed by atoms with Crippen LogP contribution in [0.3, 0.4) is 0 Å². The van der Waals surface area contributed by atoms with E-state index in [0.717, 1.165) is 34.7 Å². The molecule has 2 heterocycles. The van der Waals surface area contributed by atoms with Crippen LogP contribution in [0.4, 0.5) is 0 Å². The first kappa shape index (κ1) is 26.6. The highest BCUT2D eigenvalue weighted by atomic mass is 32.1. The fourth-order valence-corrected chi connectivity index (χ4v) is 5.56. The number of unbranched alkanes of at least 4 members (excludes halogenated alkanes) is 3. The van der Waals surface area contributed by atoms with Crippen LogP contribution in [0.5, 0.6) is 5.75 Å². The van der Waals surface area contributed by atoms with Gasteiger partial charge in [0.1, 0.15) is 5.75 Å². The third-order valence-electron chi connectivity index (χ3n) is 6.60. The number of aliphatic hydroxyl groups excluding tert-OH is 1. The Hall–Kier alpha value is -3.45. The lowest BCUT2D eigenvalue weighted by atomic mass is 9.94. The summed E-state index contributed by atoms with van der Waals surface area (Å²) in [7, 11) is 0. The molecular formula is C30H34N2O4S. The highest BCUT2D eigenvalue weighted by Gasteiger charge is 2.44. The number of carbonyl (C=O) groups is 2. The van der Waals surface area contributed by atoms with Gasteiger partial charge in [-0.25, -0.2) is 4.98 Å². The summed E-state index contributed by atoms with van der Waals surface area (Å²) in [4.78, 5) is 33.4. The molecule has 1 N–H and O–H groups in total. The van der Waals surface area contributed by atoms with Gasteiger partial charge in [-0.3, -0.25) is 9.59 Å². The topological polar surface area (TPSA) is 79.7 Å². The van der Waals surface area contributed by atoms with Crippen LogP contribution in [-0.2, 0) is 11.2 Å². The largest absolute Gasteiger partial charge is 0.503 e. The summed E-state index contributed by atoms with van der Waals surface area (Å²) in [5, 5.41) is 11.7. The number of aryl methyl sites for hydroxylation is 2. The Balaban J connectivity index is 1.62. The Morgan fingerprint density at radius 3 is 2.43 bits per heavy atom. The molecule has 0 saturated carbocycles. The summed E-state index contributed by atoms with van der Waals surface area (Å²) in [5.41, 5.74) is 2.55. The zero-order valence-electron chi connectivity index (χ0n) is 21.7. The number of ether oxygens (including phenoxy) is 1. The maximum Gasteiger partial charge on any atom is 0.290 e. The van der Waals surface area contributed by atoms with E-state index in [0.29, 0.717) is 30.1 Å². The van der Waals surface area contributed by atoms with Crippen LogP contribution in [0.15, 0.2) is 65.9 Å². The molecule has 0 fully saturated rings. The monoisotopic (exact) mass is 518 g/mol. The van der Waals surface area contributed by atoms with Crippen LogP contribution >= 0.6 is 11.3 Å². The van der Waals surface area contributed by atoms with Crippen LogP contribution in [0.1, 0.15) is 70.1 Å². The Morgan fingerprint density at radius 1 is 1.05 bits per heavy atom. The molecule has 1 atom stereocenters. The molecule has 1 unspecified atom stereocenters. The van der Waals surface area contributed by atoms with Gasteiger partial charge in [0, 0.05) is 6.54 Å². The second-order valence-electron chi connectivity index (χ2n) is 9.35. The summed E-state index contributed by atoms with van der Waals surface area (Å²) in [6, 6.07) is 16.7. The number of benzene rings is 2. The first-order valence-corrected chi connectivity index (χ1v) is 13.7. The third kappa shape index (κ3) is 6.10. The molecule has 7 heteroatoms. The molecule has 0 radical (unpaired) electrons. The summed E-state index contributed by atoms with van der Waals surface area (Å²) in [6.07, 6.45) is 5.12. The van der Waals surface area contributed by atoms with E-state index in [1.54, 1.807) is 11.8 Å². The number of aliphatic hydroxyl groups is 1. The van der Waals surface area contributed by atoms with Gasteiger partial charge in [-0.2, -0.15) is 0 Å². The van der Waals surface area contributed by atoms with E-state index in [4.69, 9.17) is 4.74 Å². The Morgan fingerprint density at radius 2 is 1.78 bits per heavy atom. The highest BCUT2D eigenvalue weighted by molar-refractivity contribution is 7.14. The number of carbonyl (C=O) groups excluding carboxylic acids is 2. The minimum Gasteiger partial charge on any atom is -0.503 e. The predicted molar refractivity (Wildman–Crippen MR) is 146 cm³/mol. The SMILES string of the molecule is CCCCCCOc1ccc(C2C(C(=O)c3sc(C)nc3C)=C(O)C(=O)N2CCc2ccccc2)cc1. The van der Waals surface area contributed by atoms with Crippen LogP contribution in [0, 0.1) is 13.8 Å². The van der Waals surface area contributed by atoms with Crippen molar-refractivity contribution in [3.8, 4) is 5.75 Å². The number of thiazole rings is 1. The van der Waals surface area contributed by atoms with Gasteiger partial charge in [0.25, 0.3) is 5.91 Å². The Bertz CT molecular complexity index is 1260. The quantitative estimate of drug-likeness (QED) is 0.218. The van der Waals surface area contributed by atoms with Crippen molar-refractivity contribution in [3.05, 3.63) is 92.6 Å². The number of aromatic nitrogens is 1. The number of hydrogen-bond donors (Lipinski definition) is 1. The molecule has 2 aromatic carbocycles. The fourth-order valence-electron chi connectivity index (χ4n) is 4.69. The summed E-state index contributed by atoms with van der Waals surface area (Å²) in [6.45, 7) is 6.82. The molecule has 3 aromatic rings. The lowest BCUT2D eigenvalue weighted by Crippen LogP contribution is -2.33. The first-order valence-electron chi connectivity index (χ1n) is 12.9. The van der Waals surface area contributed by atoms with Gasteiger partial charge >= 0.3 is 0 Å². The van der Waals surface area contributed by atoms with Crippen LogP contribution in [0.2, 0.25) is 0 Å². The van der Waals surface area contributed by atoms with Gasteiger partial charge in [-0.1, -0.05) is 68.7 Å². The van der Waals surface area contributed by atoms with Crippen molar-refractivity contribution in [2.24, 2.45) is 0 Å². The third-order valence-corrected chi connectivity index (χ3v) is 7.68. The molecule has 6 nitrogen and oxygen atoms in total. The molecule has 0 bridgehead atoms. The molecule has 1 aliphatic heterocycles. The molecule has 4 rings (SSSR count). The Labute approximate surface area is 222 Å².